The van der Waals surface area contributed by atoms with Crippen molar-refractivity contribution in [2.45, 2.75) is 26.2 Å². The van der Waals surface area contributed by atoms with Gasteiger partial charge in [-0.25, -0.2) is 9.97 Å². The monoisotopic (exact) mass is 165 g/mol. The van der Waals surface area contributed by atoms with Crippen LogP contribution in [0.2, 0.25) is 0 Å². The third kappa shape index (κ3) is 2.58. The molecule has 0 radical (unpaired) electrons. The molecular formula is C9H15N3. The van der Waals surface area contributed by atoms with Gasteiger partial charge in [0, 0.05) is 18.3 Å². The number of aryl methyl sites for hydroxylation is 2. The van der Waals surface area contributed by atoms with E-state index in [-0.39, 0.29) is 0 Å². The minimum absolute atomic E-state index is 0.708. The zero-order valence-electron chi connectivity index (χ0n) is 7.45. The van der Waals surface area contributed by atoms with Crippen LogP contribution in [0, 0.1) is 0 Å². The summed E-state index contributed by atoms with van der Waals surface area (Å²) < 4.78 is 0. The summed E-state index contributed by atoms with van der Waals surface area (Å²) in [6, 6.07) is 1.95. The Balaban J connectivity index is 2.60. The number of rotatable bonds is 4. The lowest BCUT2D eigenvalue weighted by molar-refractivity contribution is 0.769. The van der Waals surface area contributed by atoms with E-state index in [0.29, 0.717) is 6.54 Å². The van der Waals surface area contributed by atoms with E-state index < -0.39 is 0 Å². The van der Waals surface area contributed by atoms with E-state index in [0.717, 1.165) is 30.8 Å². The van der Waals surface area contributed by atoms with Crippen LogP contribution in [0.1, 0.15) is 24.9 Å². The number of nitrogens with zero attached hydrogens (tertiary/aromatic N) is 2. The van der Waals surface area contributed by atoms with Crippen molar-refractivity contribution in [1.82, 2.24) is 9.97 Å². The Morgan fingerprint density at radius 1 is 1.50 bits per heavy atom. The molecule has 0 saturated heterocycles. The number of aromatic nitrogens is 2. The Labute approximate surface area is 73.0 Å². The van der Waals surface area contributed by atoms with Gasteiger partial charge in [-0.1, -0.05) is 6.92 Å². The maximum atomic E-state index is 5.39. The first-order valence-corrected chi connectivity index (χ1v) is 4.37. The van der Waals surface area contributed by atoms with Crippen LogP contribution < -0.4 is 5.73 Å². The Morgan fingerprint density at radius 2 is 2.33 bits per heavy atom. The normalized spacial score (nSPS) is 10.2. The van der Waals surface area contributed by atoms with E-state index in [1.807, 2.05) is 12.3 Å². The molecule has 0 saturated carbocycles. The Kier molecular flexibility index (Phi) is 3.67. The summed E-state index contributed by atoms with van der Waals surface area (Å²) >= 11 is 0. The second-order valence-corrected chi connectivity index (χ2v) is 2.71. The fraction of sp³-hybridized carbons (Fsp3) is 0.556. The van der Waals surface area contributed by atoms with E-state index in [1.54, 1.807) is 0 Å². The summed E-state index contributed by atoms with van der Waals surface area (Å²) in [7, 11) is 0. The molecule has 1 aromatic heterocycles. The molecular weight excluding hydrogens is 150 g/mol. The van der Waals surface area contributed by atoms with Crippen molar-refractivity contribution >= 4 is 0 Å². The molecule has 0 aliphatic heterocycles. The van der Waals surface area contributed by atoms with Crippen molar-refractivity contribution in [3.63, 3.8) is 0 Å². The lowest BCUT2D eigenvalue weighted by atomic mass is 10.2. The molecule has 0 bridgehead atoms. The highest BCUT2D eigenvalue weighted by molar-refractivity contribution is 5.01. The van der Waals surface area contributed by atoms with Crippen LogP contribution in [0.4, 0.5) is 0 Å². The first-order chi connectivity index (χ1) is 5.86. The van der Waals surface area contributed by atoms with E-state index in [1.165, 1.54) is 0 Å². The predicted octanol–water partition coefficient (Wildman–Crippen LogP) is 0.930. The van der Waals surface area contributed by atoms with Crippen LogP contribution in [0.25, 0.3) is 0 Å². The maximum Gasteiger partial charge on any atom is 0.128 e. The Bertz CT molecular complexity index is 235. The summed E-state index contributed by atoms with van der Waals surface area (Å²) in [6.45, 7) is 2.80. The molecule has 3 nitrogen and oxygen atoms in total. The molecule has 66 valence electrons. The molecule has 0 atom stereocenters. The summed E-state index contributed by atoms with van der Waals surface area (Å²) in [5.41, 5.74) is 6.50. The molecule has 0 aromatic carbocycles. The molecule has 3 heteroatoms. The molecule has 2 N–H and O–H groups in total. The van der Waals surface area contributed by atoms with Gasteiger partial charge in [0.2, 0.25) is 0 Å². The van der Waals surface area contributed by atoms with Crippen molar-refractivity contribution in [3.05, 3.63) is 23.8 Å². The molecule has 1 heterocycles. The van der Waals surface area contributed by atoms with Crippen LogP contribution in [0.3, 0.4) is 0 Å². The van der Waals surface area contributed by atoms with Crippen molar-refractivity contribution in [3.8, 4) is 0 Å². The Morgan fingerprint density at radius 3 is 3.00 bits per heavy atom. The highest BCUT2D eigenvalue weighted by atomic mass is 14.9. The highest BCUT2D eigenvalue weighted by Crippen LogP contribution is 1.98. The fourth-order valence-electron chi connectivity index (χ4n) is 1.02. The van der Waals surface area contributed by atoms with Crippen LogP contribution >= 0.6 is 0 Å². The van der Waals surface area contributed by atoms with Gasteiger partial charge in [-0.05, 0) is 25.5 Å². The first kappa shape index (κ1) is 9.13. The minimum Gasteiger partial charge on any atom is -0.330 e. The van der Waals surface area contributed by atoms with E-state index in [9.17, 15) is 0 Å². The van der Waals surface area contributed by atoms with Gasteiger partial charge in [0.25, 0.3) is 0 Å². The number of nitrogens with two attached hydrogens (primary N) is 1. The van der Waals surface area contributed by atoms with E-state index in [4.69, 9.17) is 5.73 Å². The van der Waals surface area contributed by atoms with Gasteiger partial charge < -0.3 is 5.73 Å². The van der Waals surface area contributed by atoms with Gasteiger partial charge in [-0.2, -0.15) is 0 Å². The van der Waals surface area contributed by atoms with E-state index in [2.05, 4.69) is 16.9 Å². The van der Waals surface area contributed by atoms with Gasteiger partial charge in [0.05, 0.1) is 0 Å². The molecule has 1 rings (SSSR count). The van der Waals surface area contributed by atoms with Crippen LogP contribution in [0.15, 0.2) is 12.3 Å². The molecule has 0 fully saturated rings. The fourth-order valence-corrected chi connectivity index (χ4v) is 1.02. The van der Waals surface area contributed by atoms with Crippen LogP contribution in [0.5, 0.6) is 0 Å². The van der Waals surface area contributed by atoms with Crippen LogP contribution in [-0.2, 0) is 12.8 Å². The highest BCUT2D eigenvalue weighted by Gasteiger charge is 1.96. The number of hydrogen-bond acceptors (Lipinski definition) is 3. The molecule has 0 amide bonds. The second kappa shape index (κ2) is 4.83. The van der Waals surface area contributed by atoms with E-state index >= 15 is 0 Å². The van der Waals surface area contributed by atoms with Gasteiger partial charge in [0.1, 0.15) is 5.82 Å². The average Bonchev–Trinajstić information content (AvgIpc) is 2.15. The minimum atomic E-state index is 0.708. The Hall–Kier alpha value is -0.960. The quantitative estimate of drug-likeness (QED) is 0.722. The van der Waals surface area contributed by atoms with Crippen molar-refractivity contribution in [2.75, 3.05) is 6.54 Å². The standard InChI is InChI=1S/C9H15N3/c1-2-8-5-7-11-9(12-8)4-3-6-10/h5,7H,2-4,6,10H2,1H3. The van der Waals surface area contributed by atoms with Crippen molar-refractivity contribution < 1.29 is 0 Å². The summed E-state index contributed by atoms with van der Waals surface area (Å²) in [4.78, 5) is 8.52. The molecule has 12 heavy (non-hydrogen) atoms. The van der Waals surface area contributed by atoms with Gasteiger partial charge in [-0.15, -0.1) is 0 Å². The predicted molar refractivity (Wildman–Crippen MR) is 48.8 cm³/mol. The first-order valence-electron chi connectivity index (χ1n) is 4.37. The molecule has 0 spiro atoms. The molecule has 0 aliphatic rings. The molecule has 1 aromatic rings. The van der Waals surface area contributed by atoms with Gasteiger partial charge in [0.15, 0.2) is 0 Å². The molecule has 0 unspecified atom stereocenters. The maximum absolute atomic E-state index is 5.39. The SMILES string of the molecule is CCc1ccnc(CCCN)n1. The lowest BCUT2D eigenvalue weighted by Crippen LogP contribution is -2.04. The largest absolute Gasteiger partial charge is 0.330 e. The second-order valence-electron chi connectivity index (χ2n) is 2.71. The summed E-state index contributed by atoms with van der Waals surface area (Å²) in [6.07, 6.45) is 4.65. The third-order valence-electron chi connectivity index (χ3n) is 1.73. The molecule has 0 aliphatic carbocycles. The van der Waals surface area contributed by atoms with Crippen molar-refractivity contribution in [2.24, 2.45) is 5.73 Å². The topological polar surface area (TPSA) is 51.8 Å². The van der Waals surface area contributed by atoms with Gasteiger partial charge in [-0.3, -0.25) is 0 Å². The summed E-state index contributed by atoms with van der Waals surface area (Å²) in [5.74, 6) is 0.916. The van der Waals surface area contributed by atoms with Crippen LogP contribution in [-0.4, -0.2) is 16.5 Å². The average molecular weight is 165 g/mol. The smallest absolute Gasteiger partial charge is 0.128 e. The lowest BCUT2D eigenvalue weighted by Gasteiger charge is -1.99. The zero-order valence-corrected chi connectivity index (χ0v) is 7.45. The zero-order chi connectivity index (χ0) is 8.81. The number of hydrogen-bond donors (Lipinski definition) is 1. The summed E-state index contributed by atoms with van der Waals surface area (Å²) in [5, 5.41) is 0. The third-order valence-corrected chi connectivity index (χ3v) is 1.73. The van der Waals surface area contributed by atoms with Crippen molar-refractivity contribution in [1.29, 1.82) is 0 Å². The van der Waals surface area contributed by atoms with Gasteiger partial charge >= 0.3 is 0 Å².